The molecule has 2 N–H and O–H groups in total. The molecule has 1 unspecified atom stereocenters. The number of β-amino-alcohol motifs (C(OH)–C–C–N with tert-alkyl or cyclic N) is 1. The van der Waals surface area contributed by atoms with Crippen molar-refractivity contribution >= 4 is 11.6 Å². The molecule has 0 aliphatic heterocycles. The van der Waals surface area contributed by atoms with E-state index in [0.717, 1.165) is 0 Å². The molecule has 0 heterocycles. The molecule has 0 bridgehead atoms. The van der Waals surface area contributed by atoms with Gasteiger partial charge in [0.2, 0.25) is 0 Å². The lowest BCUT2D eigenvalue weighted by Gasteiger charge is -2.23. The van der Waals surface area contributed by atoms with Gasteiger partial charge in [-0.05, 0) is 32.9 Å². The SMILES string of the molecule is COc1ccc(OCC(O)CNC(C)(C)C)c(Cl)c1OC. The number of hydrogen-bond donors (Lipinski definition) is 2. The van der Waals surface area contributed by atoms with E-state index in [1.807, 2.05) is 20.8 Å². The van der Waals surface area contributed by atoms with Crippen LogP contribution in [-0.4, -0.2) is 44.1 Å². The number of aliphatic hydroxyl groups is 1. The molecule has 0 aromatic heterocycles. The standard InChI is InChI=1S/C15H24ClNO4/c1-15(2,3)17-8-10(18)9-21-11-6-7-12(19-4)14(20-5)13(11)16/h6-7,10,17-18H,8-9H2,1-5H3. The molecule has 0 amide bonds. The third-order valence-electron chi connectivity index (χ3n) is 2.75. The zero-order valence-electron chi connectivity index (χ0n) is 13.2. The predicted molar refractivity (Wildman–Crippen MR) is 83.8 cm³/mol. The van der Waals surface area contributed by atoms with Crippen molar-refractivity contribution in [3.63, 3.8) is 0 Å². The van der Waals surface area contributed by atoms with Gasteiger partial charge in [-0.25, -0.2) is 0 Å². The Morgan fingerprint density at radius 3 is 2.33 bits per heavy atom. The zero-order valence-corrected chi connectivity index (χ0v) is 14.0. The summed E-state index contributed by atoms with van der Waals surface area (Å²) < 4.78 is 15.9. The van der Waals surface area contributed by atoms with Crippen molar-refractivity contribution in [3.8, 4) is 17.2 Å². The van der Waals surface area contributed by atoms with Crippen LogP contribution >= 0.6 is 11.6 Å². The van der Waals surface area contributed by atoms with E-state index in [4.69, 9.17) is 25.8 Å². The van der Waals surface area contributed by atoms with Crippen molar-refractivity contribution in [1.29, 1.82) is 0 Å². The van der Waals surface area contributed by atoms with Crippen LogP contribution in [0.25, 0.3) is 0 Å². The topological polar surface area (TPSA) is 60.0 Å². The molecule has 120 valence electrons. The van der Waals surface area contributed by atoms with Gasteiger partial charge in [-0.2, -0.15) is 0 Å². The molecule has 5 nitrogen and oxygen atoms in total. The van der Waals surface area contributed by atoms with Gasteiger partial charge in [0.1, 0.15) is 23.5 Å². The lowest BCUT2D eigenvalue weighted by atomic mass is 10.1. The van der Waals surface area contributed by atoms with Crippen LogP contribution in [0, 0.1) is 0 Å². The van der Waals surface area contributed by atoms with Gasteiger partial charge >= 0.3 is 0 Å². The van der Waals surface area contributed by atoms with E-state index in [9.17, 15) is 5.11 Å². The van der Waals surface area contributed by atoms with Crippen LogP contribution in [0.2, 0.25) is 5.02 Å². The first-order valence-electron chi connectivity index (χ1n) is 6.75. The highest BCUT2D eigenvalue weighted by Gasteiger charge is 2.16. The van der Waals surface area contributed by atoms with E-state index < -0.39 is 6.10 Å². The quantitative estimate of drug-likeness (QED) is 0.809. The van der Waals surface area contributed by atoms with Gasteiger partial charge in [0.15, 0.2) is 11.5 Å². The fourth-order valence-electron chi connectivity index (χ4n) is 1.65. The van der Waals surface area contributed by atoms with Gasteiger partial charge in [0.05, 0.1) is 14.2 Å². The lowest BCUT2D eigenvalue weighted by molar-refractivity contribution is 0.0999. The normalized spacial score (nSPS) is 12.9. The molecular formula is C15H24ClNO4. The van der Waals surface area contributed by atoms with Gasteiger partial charge in [0, 0.05) is 12.1 Å². The largest absolute Gasteiger partial charge is 0.493 e. The smallest absolute Gasteiger partial charge is 0.183 e. The highest BCUT2D eigenvalue weighted by Crippen LogP contribution is 2.41. The van der Waals surface area contributed by atoms with E-state index in [1.165, 1.54) is 14.2 Å². The van der Waals surface area contributed by atoms with Gasteiger partial charge in [-0.3, -0.25) is 0 Å². The molecule has 0 aliphatic rings. The van der Waals surface area contributed by atoms with Crippen molar-refractivity contribution in [2.45, 2.75) is 32.4 Å². The van der Waals surface area contributed by atoms with E-state index in [2.05, 4.69) is 5.32 Å². The molecule has 0 spiro atoms. The first kappa shape index (κ1) is 17.9. The Morgan fingerprint density at radius 2 is 1.81 bits per heavy atom. The molecular weight excluding hydrogens is 294 g/mol. The Labute approximate surface area is 131 Å². The minimum Gasteiger partial charge on any atom is -0.493 e. The first-order valence-corrected chi connectivity index (χ1v) is 7.12. The molecule has 1 rings (SSSR count). The fourth-order valence-corrected chi connectivity index (χ4v) is 1.94. The van der Waals surface area contributed by atoms with Crippen LogP contribution in [0.5, 0.6) is 17.2 Å². The number of aliphatic hydroxyl groups excluding tert-OH is 1. The van der Waals surface area contributed by atoms with Crippen molar-refractivity contribution < 1.29 is 19.3 Å². The van der Waals surface area contributed by atoms with Crippen molar-refractivity contribution in [2.24, 2.45) is 0 Å². The molecule has 0 fully saturated rings. The van der Waals surface area contributed by atoms with E-state index >= 15 is 0 Å². The molecule has 1 atom stereocenters. The molecule has 0 radical (unpaired) electrons. The molecule has 0 aliphatic carbocycles. The summed E-state index contributed by atoms with van der Waals surface area (Å²) in [6, 6.07) is 3.40. The maximum atomic E-state index is 9.91. The summed E-state index contributed by atoms with van der Waals surface area (Å²) in [5, 5.41) is 13.4. The monoisotopic (exact) mass is 317 g/mol. The number of rotatable bonds is 7. The summed E-state index contributed by atoms with van der Waals surface area (Å²) >= 11 is 6.20. The Bertz CT molecular complexity index is 460. The Kier molecular flexibility index (Phi) is 6.58. The molecule has 1 aromatic carbocycles. The molecule has 21 heavy (non-hydrogen) atoms. The first-order chi connectivity index (χ1) is 9.78. The number of hydrogen-bond acceptors (Lipinski definition) is 5. The maximum absolute atomic E-state index is 9.91. The van der Waals surface area contributed by atoms with Gasteiger partial charge in [-0.1, -0.05) is 11.6 Å². The van der Waals surface area contributed by atoms with Crippen LogP contribution in [0.3, 0.4) is 0 Å². The van der Waals surface area contributed by atoms with Gasteiger partial charge in [0.25, 0.3) is 0 Å². The van der Waals surface area contributed by atoms with E-state index in [1.54, 1.807) is 12.1 Å². The fraction of sp³-hybridized carbons (Fsp3) is 0.600. The van der Waals surface area contributed by atoms with Gasteiger partial charge in [-0.15, -0.1) is 0 Å². The summed E-state index contributed by atoms with van der Waals surface area (Å²) in [5.41, 5.74) is -0.0536. The number of methoxy groups -OCH3 is 2. The lowest BCUT2D eigenvalue weighted by Crippen LogP contribution is -2.42. The Morgan fingerprint density at radius 1 is 1.19 bits per heavy atom. The average molecular weight is 318 g/mol. The van der Waals surface area contributed by atoms with Crippen molar-refractivity contribution in [3.05, 3.63) is 17.2 Å². The molecule has 6 heteroatoms. The van der Waals surface area contributed by atoms with Crippen LogP contribution in [0.15, 0.2) is 12.1 Å². The van der Waals surface area contributed by atoms with E-state index in [0.29, 0.717) is 28.8 Å². The highest BCUT2D eigenvalue weighted by atomic mass is 35.5. The van der Waals surface area contributed by atoms with Crippen LogP contribution in [0.4, 0.5) is 0 Å². The third kappa shape index (κ3) is 5.61. The number of nitrogens with one attached hydrogen (secondary N) is 1. The minimum absolute atomic E-state index is 0.0536. The number of halogens is 1. The maximum Gasteiger partial charge on any atom is 0.183 e. The number of benzene rings is 1. The molecule has 0 saturated heterocycles. The summed E-state index contributed by atoms with van der Waals surface area (Å²) in [6.07, 6.45) is -0.631. The second-order valence-electron chi connectivity index (χ2n) is 5.71. The van der Waals surface area contributed by atoms with Crippen LogP contribution in [-0.2, 0) is 0 Å². The second-order valence-corrected chi connectivity index (χ2v) is 6.09. The van der Waals surface area contributed by atoms with Gasteiger partial charge < -0.3 is 24.6 Å². The highest BCUT2D eigenvalue weighted by molar-refractivity contribution is 6.33. The third-order valence-corrected chi connectivity index (χ3v) is 3.11. The van der Waals surface area contributed by atoms with Crippen LogP contribution < -0.4 is 19.5 Å². The molecule has 0 saturated carbocycles. The Hall–Kier alpha value is -1.17. The predicted octanol–water partition coefficient (Wildman–Crippen LogP) is 2.49. The minimum atomic E-state index is -0.631. The summed E-state index contributed by atoms with van der Waals surface area (Å²) in [6.45, 7) is 6.68. The van der Waals surface area contributed by atoms with E-state index in [-0.39, 0.29) is 12.1 Å². The summed E-state index contributed by atoms with van der Waals surface area (Å²) in [4.78, 5) is 0. The van der Waals surface area contributed by atoms with Crippen molar-refractivity contribution in [2.75, 3.05) is 27.4 Å². The van der Waals surface area contributed by atoms with Crippen molar-refractivity contribution in [1.82, 2.24) is 5.32 Å². The molecule has 1 aromatic rings. The zero-order chi connectivity index (χ0) is 16.0. The number of ether oxygens (including phenoxy) is 3. The second kappa shape index (κ2) is 7.73. The summed E-state index contributed by atoms with van der Waals surface area (Å²) in [7, 11) is 3.05. The average Bonchev–Trinajstić information content (AvgIpc) is 2.42. The summed E-state index contributed by atoms with van der Waals surface area (Å²) in [5.74, 6) is 1.40. The van der Waals surface area contributed by atoms with Crippen LogP contribution in [0.1, 0.15) is 20.8 Å². The Balaban J connectivity index is 2.63.